The van der Waals surface area contributed by atoms with Crippen molar-refractivity contribution in [3.8, 4) is 0 Å². The lowest BCUT2D eigenvalue weighted by molar-refractivity contribution is -0.135. The van der Waals surface area contributed by atoms with Gasteiger partial charge in [0.05, 0.1) is 0 Å². The van der Waals surface area contributed by atoms with E-state index in [1.807, 2.05) is 35.2 Å². The number of para-hydroxylation sites is 1. The summed E-state index contributed by atoms with van der Waals surface area (Å²) in [5.74, 6) is -0.818. The Morgan fingerprint density at radius 2 is 2.06 bits per heavy atom. The number of hydrogen-bond acceptors (Lipinski definition) is 3. The van der Waals surface area contributed by atoms with Crippen LogP contribution in [0.3, 0.4) is 0 Å². The van der Waals surface area contributed by atoms with Gasteiger partial charge >= 0.3 is 5.97 Å². The lowest BCUT2D eigenvalue weighted by atomic mass is 10.2. The Balaban J connectivity index is 2.60. The predicted molar refractivity (Wildman–Crippen MR) is 62.8 cm³/mol. The highest BCUT2D eigenvalue weighted by Crippen LogP contribution is 2.13. The molecular formula is C12H17NO3. The van der Waals surface area contributed by atoms with Gasteiger partial charge in [0, 0.05) is 25.9 Å². The van der Waals surface area contributed by atoms with Crippen LogP contribution in [0.25, 0.3) is 0 Å². The Labute approximate surface area is 95.5 Å². The number of benzene rings is 1. The number of aliphatic carboxylic acids is 1. The molecule has 0 bridgehead atoms. The van der Waals surface area contributed by atoms with E-state index in [1.165, 1.54) is 0 Å². The van der Waals surface area contributed by atoms with Crippen molar-refractivity contribution in [1.29, 1.82) is 0 Å². The second kappa shape index (κ2) is 6.85. The van der Waals surface area contributed by atoms with E-state index in [-0.39, 0.29) is 6.54 Å². The first kappa shape index (κ1) is 12.5. The molecule has 0 aromatic heterocycles. The minimum atomic E-state index is -0.818. The lowest BCUT2D eigenvalue weighted by Crippen LogP contribution is -2.31. The highest BCUT2D eigenvalue weighted by atomic mass is 16.5. The molecule has 1 aromatic carbocycles. The molecule has 0 saturated heterocycles. The molecule has 0 saturated carbocycles. The summed E-state index contributed by atoms with van der Waals surface area (Å²) in [5.41, 5.74) is 0.931. The minimum Gasteiger partial charge on any atom is -0.480 e. The maximum atomic E-state index is 10.7. The number of ether oxygens (including phenoxy) is 1. The quantitative estimate of drug-likeness (QED) is 0.713. The van der Waals surface area contributed by atoms with Crippen molar-refractivity contribution >= 4 is 11.7 Å². The molecule has 1 N–H and O–H groups in total. The lowest BCUT2D eigenvalue weighted by Gasteiger charge is -2.22. The molecule has 4 nitrogen and oxygen atoms in total. The summed E-state index contributed by atoms with van der Waals surface area (Å²) in [6, 6.07) is 9.55. The summed E-state index contributed by atoms with van der Waals surface area (Å²) in [6.45, 7) is 1.35. The Morgan fingerprint density at radius 1 is 1.38 bits per heavy atom. The molecule has 0 atom stereocenters. The average molecular weight is 223 g/mol. The zero-order valence-electron chi connectivity index (χ0n) is 9.43. The number of anilines is 1. The van der Waals surface area contributed by atoms with Crippen LogP contribution in [0.5, 0.6) is 0 Å². The van der Waals surface area contributed by atoms with Crippen LogP contribution in [-0.2, 0) is 9.53 Å². The van der Waals surface area contributed by atoms with Crippen LogP contribution in [-0.4, -0.2) is 37.9 Å². The van der Waals surface area contributed by atoms with Crippen molar-refractivity contribution in [3.63, 3.8) is 0 Å². The van der Waals surface area contributed by atoms with E-state index < -0.39 is 5.97 Å². The topological polar surface area (TPSA) is 49.8 Å². The Morgan fingerprint density at radius 3 is 2.62 bits per heavy atom. The molecule has 1 rings (SSSR count). The van der Waals surface area contributed by atoms with Gasteiger partial charge in [0.2, 0.25) is 0 Å². The maximum Gasteiger partial charge on any atom is 0.323 e. The summed E-state index contributed by atoms with van der Waals surface area (Å²) < 4.78 is 4.96. The SMILES string of the molecule is COCCCN(CC(=O)O)c1ccccc1. The first-order chi connectivity index (χ1) is 7.74. The van der Waals surface area contributed by atoms with Gasteiger partial charge in [-0.3, -0.25) is 4.79 Å². The molecule has 1 aromatic rings. The number of hydrogen-bond donors (Lipinski definition) is 1. The van der Waals surface area contributed by atoms with Crippen molar-refractivity contribution in [2.75, 3.05) is 31.7 Å². The molecule has 4 heteroatoms. The van der Waals surface area contributed by atoms with Gasteiger partial charge in [0.15, 0.2) is 0 Å². The van der Waals surface area contributed by atoms with Crippen molar-refractivity contribution in [1.82, 2.24) is 0 Å². The molecule has 0 amide bonds. The van der Waals surface area contributed by atoms with Crippen LogP contribution in [0, 0.1) is 0 Å². The first-order valence-electron chi connectivity index (χ1n) is 5.24. The molecule has 0 heterocycles. The molecule has 0 fully saturated rings. The van der Waals surface area contributed by atoms with Crippen LogP contribution in [0.1, 0.15) is 6.42 Å². The van der Waals surface area contributed by atoms with Crippen molar-refractivity contribution in [2.45, 2.75) is 6.42 Å². The fraction of sp³-hybridized carbons (Fsp3) is 0.417. The number of rotatable bonds is 7. The van der Waals surface area contributed by atoms with Crippen LogP contribution in [0.15, 0.2) is 30.3 Å². The third kappa shape index (κ3) is 4.31. The smallest absolute Gasteiger partial charge is 0.323 e. The van der Waals surface area contributed by atoms with Crippen LogP contribution in [0.4, 0.5) is 5.69 Å². The highest BCUT2D eigenvalue weighted by Gasteiger charge is 2.09. The van der Waals surface area contributed by atoms with Gasteiger partial charge in [-0.15, -0.1) is 0 Å². The van der Waals surface area contributed by atoms with Crippen LogP contribution in [0.2, 0.25) is 0 Å². The maximum absolute atomic E-state index is 10.7. The molecule has 0 spiro atoms. The third-order valence-corrected chi connectivity index (χ3v) is 2.22. The molecular weight excluding hydrogens is 206 g/mol. The molecule has 0 aliphatic heterocycles. The van der Waals surface area contributed by atoms with Crippen LogP contribution >= 0.6 is 0 Å². The molecule has 0 aliphatic rings. The van der Waals surface area contributed by atoms with E-state index in [1.54, 1.807) is 7.11 Å². The minimum absolute atomic E-state index is 0.0216. The fourth-order valence-electron chi connectivity index (χ4n) is 1.50. The monoisotopic (exact) mass is 223 g/mol. The van der Waals surface area contributed by atoms with Gasteiger partial charge in [-0.05, 0) is 18.6 Å². The van der Waals surface area contributed by atoms with E-state index in [2.05, 4.69) is 0 Å². The van der Waals surface area contributed by atoms with E-state index in [4.69, 9.17) is 9.84 Å². The molecule has 0 unspecified atom stereocenters. The molecule has 16 heavy (non-hydrogen) atoms. The van der Waals surface area contributed by atoms with Crippen molar-refractivity contribution in [2.24, 2.45) is 0 Å². The average Bonchev–Trinajstić information content (AvgIpc) is 2.29. The molecule has 88 valence electrons. The van der Waals surface area contributed by atoms with Crippen molar-refractivity contribution in [3.05, 3.63) is 30.3 Å². The zero-order valence-corrected chi connectivity index (χ0v) is 9.43. The summed E-state index contributed by atoms with van der Waals surface area (Å²) in [6.07, 6.45) is 0.818. The Bertz CT molecular complexity index is 313. The fourth-order valence-corrected chi connectivity index (χ4v) is 1.50. The van der Waals surface area contributed by atoms with Gasteiger partial charge in [-0.2, -0.15) is 0 Å². The summed E-state index contributed by atoms with van der Waals surface area (Å²) in [5, 5.41) is 8.83. The van der Waals surface area contributed by atoms with E-state index in [0.29, 0.717) is 13.2 Å². The van der Waals surface area contributed by atoms with E-state index in [0.717, 1.165) is 12.1 Å². The standard InChI is InChI=1S/C12H17NO3/c1-16-9-5-8-13(10-12(14)15)11-6-3-2-4-7-11/h2-4,6-7H,5,8-10H2,1H3,(H,14,15). The number of carboxylic acids is 1. The largest absolute Gasteiger partial charge is 0.480 e. The number of methoxy groups -OCH3 is 1. The normalized spacial score (nSPS) is 10.1. The van der Waals surface area contributed by atoms with E-state index >= 15 is 0 Å². The first-order valence-corrected chi connectivity index (χ1v) is 5.24. The van der Waals surface area contributed by atoms with Gasteiger partial charge in [-0.25, -0.2) is 0 Å². The van der Waals surface area contributed by atoms with Crippen molar-refractivity contribution < 1.29 is 14.6 Å². The second-order valence-electron chi connectivity index (χ2n) is 3.50. The second-order valence-corrected chi connectivity index (χ2v) is 3.50. The van der Waals surface area contributed by atoms with Gasteiger partial charge in [-0.1, -0.05) is 18.2 Å². The Hall–Kier alpha value is -1.55. The van der Waals surface area contributed by atoms with E-state index in [9.17, 15) is 4.79 Å². The van der Waals surface area contributed by atoms with Gasteiger partial charge in [0.25, 0.3) is 0 Å². The summed E-state index contributed by atoms with van der Waals surface area (Å²) >= 11 is 0. The number of carboxylic acid groups (broad SMARTS) is 1. The van der Waals surface area contributed by atoms with Gasteiger partial charge < -0.3 is 14.7 Å². The van der Waals surface area contributed by atoms with Gasteiger partial charge in [0.1, 0.15) is 6.54 Å². The summed E-state index contributed by atoms with van der Waals surface area (Å²) in [4.78, 5) is 12.6. The predicted octanol–water partition coefficient (Wildman–Crippen LogP) is 1.61. The Kier molecular flexibility index (Phi) is 5.36. The molecule has 0 radical (unpaired) electrons. The molecule has 0 aliphatic carbocycles. The number of carbonyl (C=O) groups is 1. The summed E-state index contributed by atoms with van der Waals surface area (Å²) in [7, 11) is 1.64. The zero-order chi connectivity index (χ0) is 11.8. The highest BCUT2D eigenvalue weighted by molar-refractivity contribution is 5.73. The van der Waals surface area contributed by atoms with Crippen LogP contribution < -0.4 is 4.90 Å². The number of nitrogens with zero attached hydrogens (tertiary/aromatic N) is 1. The third-order valence-electron chi connectivity index (χ3n) is 2.22.